The molecule has 1 aromatic heterocycles. The Balaban J connectivity index is 2.07. The van der Waals surface area contributed by atoms with Gasteiger partial charge in [-0.05, 0) is 38.0 Å². The first-order chi connectivity index (χ1) is 9.97. The average Bonchev–Trinajstić information content (AvgIpc) is 2.44. The number of nitrogens with zero attached hydrogens (tertiary/aromatic N) is 1. The molecule has 4 nitrogen and oxygen atoms in total. The zero-order chi connectivity index (χ0) is 15.4. The topological polar surface area (TPSA) is 51.1 Å². The van der Waals surface area contributed by atoms with E-state index in [0.717, 1.165) is 16.7 Å². The molecule has 21 heavy (non-hydrogen) atoms. The first-order valence-corrected chi connectivity index (χ1v) is 6.99. The number of rotatable bonds is 4. The van der Waals surface area contributed by atoms with Gasteiger partial charge in [-0.3, -0.25) is 9.59 Å². The van der Waals surface area contributed by atoms with Crippen molar-refractivity contribution in [3.63, 3.8) is 0 Å². The van der Waals surface area contributed by atoms with Gasteiger partial charge in [-0.2, -0.15) is 0 Å². The Bertz CT molecular complexity index is 704. The third-order valence-corrected chi connectivity index (χ3v) is 3.49. The number of aryl methyl sites for hydroxylation is 2. The highest BCUT2D eigenvalue weighted by Crippen LogP contribution is 2.18. The lowest BCUT2D eigenvalue weighted by atomic mass is 10.00. The van der Waals surface area contributed by atoms with E-state index in [9.17, 15) is 9.59 Å². The Labute approximate surface area is 124 Å². The quantitative estimate of drug-likeness (QED) is 0.937. The van der Waals surface area contributed by atoms with E-state index in [-0.39, 0.29) is 24.1 Å². The fourth-order valence-electron chi connectivity index (χ4n) is 2.34. The second-order valence-electron chi connectivity index (χ2n) is 5.32. The predicted octanol–water partition coefficient (Wildman–Crippen LogP) is 2.34. The van der Waals surface area contributed by atoms with Crippen LogP contribution in [-0.2, 0) is 11.3 Å². The summed E-state index contributed by atoms with van der Waals surface area (Å²) in [5.41, 5.74) is 3.23. The van der Waals surface area contributed by atoms with Gasteiger partial charge in [0, 0.05) is 12.3 Å². The highest BCUT2D eigenvalue weighted by Gasteiger charge is 2.12. The van der Waals surface area contributed by atoms with Crippen LogP contribution in [0, 0.1) is 13.8 Å². The lowest BCUT2D eigenvalue weighted by Crippen LogP contribution is -2.33. The predicted molar refractivity (Wildman–Crippen MR) is 83.2 cm³/mol. The standard InChI is InChI=1S/C17H20N2O2/c1-12-7-8-13(2)15(10-12)14(3)18-16(20)11-19-9-5-4-6-17(19)21/h4-10,14H,11H2,1-3H3,(H,18,20). The minimum atomic E-state index is -0.174. The molecule has 0 aliphatic carbocycles. The van der Waals surface area contributed by atoms with Crippen LogP contribution in [0.25, 0.3) is 0 Å². The van der Waals surface area contributed by atoms with Crippen LogP contribution >= 0.6 is 0 Å². The number of pyridine rings is 1. The molecule has 0 radical (unpaired) electrons. The number of hydrogen-bond acceptors (Lipinski definition) is 2. The fraction of sp³-hybridized carbons (Fsp3) is 0.294. The molecule has 4 heteroatoms. The summed E-state index contributed by atoms with van der Waals surface area (Å²) in [5.74, 6) is -0.170. The molecule has 1 heterocycles. The van der Waals surface area contributed by atoms with Crippen LogP contribution in [0.3, 0.4) is 0 Å². The van der Waals surface area contributed by atoms with Gasteiger partial charge in [0.1, 0.15) is 6.54 Å². The molecule has 2 aromatic rings. The first kappa shape index (κ1) is 15.0. The van der Waals surface area contributed by atoms with Crippen LogP contribution in [0.5, 0.6) is 0 Å². The first-order valence-electron chi connectivity index (χ1n) is 6.99. The normalized spacial score (nSPS) is 12.0. The van der Waals surface area contributed by atoms with Crippen LogP contribution in [0.15, 0.2) is 47.4 Å². The summed E-state index contributed by atoms with van der Waals surface area (Å²) in [6, 6.07) is 10.9. The van der Waals surface area contributed by atoms with Crippen molar-refractivity contribution in [3.05, 3.63) is 69.6 Å². The van der Waals surface area contributed by atoms with Crippen molar-refractivity contribution in [3.8, 4) is 0 Å². The third kappa shape index (κ3) is 3.81. The SMILES string of the molecule is Cc1ccc(C)c(C(C)NC(=O)Cn2ccccc2=O)c1. The van der Waals surface area contributed by atoms with Crippen LogP contribution < -0.4 is 10.9 Å². The van der Waals surface area contributed by atoms with Crippen molar-refractivity contribution >= 4 is 5.91 Å². The second-order valence-corrected chi connectivity index (χ2v) is 5.32. The largest absolute Gasteiger partial charge is 0.348 e. The number of hydrogen-bond donors (Lipinski definition) is 1. The molecule has 1 aromatic carbocycles. The number of benzene rings is 1. The monoisotopic (exact) mass is 284 g/mol. The number of nitrogens with one attached hydrogen (secondary N) is 1. The molecule has 0 bridgehead atoms. The molecule has 0 saturated carbocycles. The molecule has 0 spiro atoms. The highest BCUT2D eigenvalue weighted by molar-refractivity contribution is 5.76. The van der Waals surface area contributed by atoms with Gasteiger partial charge >= 0.3 is 0 Å². The van der Waals surface area contributed by atoms with Crippen molar-refractivity contribution in [2.75, 3.05) is 0 Å². The maximum atomic E-state index is 12.1. The molecule has 1 amide bonds. The summed E-state index contributed by atoms with van der Waals surface area (Å²) in [4.78, 5) is 23.7. The van der Waals surface area contributed by atoms with Gasteiger partial charge in [0.05, 0.1) is 6.04 Å². The number of amides is 1. The second kappa shape index (κ2) is 6.39. The van der Waals surface area contributed by atoms with E-state index in [2.05, 4.69) is 23.5 Å². The van der Waals surface area contributed by atoms with Gasteiger partial charge in [0.25, 0.3) is 5.56 Å². The molecule has 1 unspecified atom stereocenters. The average molecular weight is 284 g/mol. The van der Waals surface area contributed by atoms with Gasteiger partial charge in [0.15, 0.2) is 0 Å². The zero-order valence-electron chi connectivity index (χ0n) is 12.6. The van der Waals surface area contributed by atoms with E-state index in [1.165, 1.54) is 10.6 Å². The molecule has 0 fully saturated rings. The van der Waals surface area contributed by atoms with E-state index in [1.807, 2.05) is 20.8 Å². The Kier molecular flexibility index (Phi) is 4.58. The molecule has 0 aliphatic heterocycles. The maximum absolute atomic E-state index is 12.1. The van der Waals surface area contributed by atoms with Gasteiger partial charge in [0.2, 0.25) is 5.91 Å². The Morgan fingerprint density at radius 2 is 2.00 bits per heavy atom. The van der Waals surface area contributed by atoms with Crippen LogP contribution in [0.2, 0.25) is 0 Å². The summed E-state index contributed by atoms with van der Waals surface area (Å²) < 4.78 is 1.39. The van der Waals surface area contributed by atoms with Gasteiger partial charge in [-0.1, -0.05) is 29.8 Å². The molecule has 1 atom stereocenters. The molecule has 2 rings (SSSR count). The van der Waals surface area contributed by atoms with Gasteiger partial charge < -0.3 is 9.88 Å². The van der Waals surface area contributed by atoms with Crippen molar-refractivity contribution in [2.24, 2.45) is 0 Å². The Morgan fingerprint density at radius 3 is 2.71 bits per heavy atom. The summed E-state index contributed by atoms with van der Waals surface area (Å²) in [6.45, 7) is 6.04. The Morgan fingerprint density at radius 1 is 1.24 bits per heavy atom. The van der Waals surface area contributed by atoms with Gasteiger partial charge in [-0.25, -0.2) is 0 Å². The van der Waals surface area contributed by atoms with Crippen molar-refractivity contribution < 1.29 is 4.79 Å². The number of carbonyl (C=O) groups is 1. The van der Waals surface area contributed by atoms with E-state index >= 15 is 0 Å². The number of carbonyl (C=O) groups excluding carboxylic acids is 1. The lowest BCUT2D eigenvalue weighted by Gasteiger charge is -2.17. The van der Waals surface area contributed by atoms with E-state index < -0.39 is 0 Å². The molecular weight excluding hydrogens is 264 g/mol. The number of aromatic nitrogens is 1. The van der Waals surface area contributed by atoms with Crippen LogP contribution in [-0.4, -0.2) is 10.5 Å². The maximum Gasteiger partial charge on any atom is 0.250 e. The minimum Gasteiger partial charge on any atom is -0.348 e. The fourth-order valence-corrected chi connectivity index (χ4v) is 2.34. The summed E-state index contributed by atoms with van der Waals surface area (Å²) in [6.07, 6.45) is 1.62. The van der Waals surface area contributed by atoms with Crippen molar-refractivity contribution in [1.82, 2.24) is 9.88 Å². The molecule has 0 aliphatic rings. The molecule has 1 N–H and O–H groups in total. The lowest BCUT2D eigenvalue weighted by molar-refractivity contribution is -0.122. The van der Waals surface area contributed by atoms with Gasteiger partial charge in [-0.15, -0.1) is 0 Å². The van der Waals surface area contributed by atoms with Crippen LogP contribution in [0.1, 0.15) is 29.7 Å². The van der Waals surface area contributed by atoms with Crippen molar-refractivity contribution in [1.29, 1.82) is 0 Å². The molecule has 0 saturated heterocycles. The van der Waals surface area contributed by atoms with Crippen LogP contribution in [0.4, 0.5) is 0 Å². The highest BCUT2D eigenvalue weighted by atomic mass is 16.2. The molecular formula is C17H20N2O2. The summed E-state index contributed by atoms with van der Waals surface area (Å²) >= 11 is 0. The summed E-state index contributed by atoms with van der Waals surface area (Å²) in [7, 11) is 0. The molecule has 110 valence electrons. The third-order valence-electron chi connectivity index (χ3n) is 3.49. The smallest absolute Gasteiger partial charge is 0.250 e. The van der Waals surface area contributed by atoms with Crippen molar-refractivity contribution in [2.45, 2.75) is 33.4 Å². The van der Waals surface area contributed by atoms with E-state index in [0.29, 0.717) is 0 Å². The Hall–Kier alpha value is -2.36. The zero-order valence-corrected chi connectivity index (χ0v) is 12.6. The summed E-state index contributed by atoms with van der Waals surface area (Å²) in [5, 5.41) is 2.94. The van der Waals surface area contributed by atoms with E-state index in [4.69, 9.17) is 0 Å². The van der Waals surface area contributed by atoms with E-state index in [1.54, 1.807) is 18.3 Å². The minimum absolute atomic E-state index is 0.0366.